The monoisotopic (exact) mass is 389 g/mol. The summed E-state index contributed by atoms with van der Waals surface area (Å²) >= 11 is 0. The van der Waals surface area contributed by atoms with Crippen LogP contribution in [0.25, 0.3) is 0 Å². The third-order valence-electron chi connectivity index (χ3n) is 5.00. The topological polar surface area (TPSA) is 97.0 Å². The van der Waals surface area contributed by atoms with Crippen LogP contribution in [0, 0.1) is 0 Å². The van der Waals surface area contributed by atoms with Crippen LogP contribution >= 0.6 is 0 Å². The van der Waals surface area contributed by atoms with Gasteiger partial charge in [0.1, 0.15) is 25.3 Å². The second kappa shape index (κ2) is 8.50. The third-order valence-corrected chi connectivity index (χ3v) is 5.00. The van der Waals surface area contributed by atoms with Crippen LogP contribution in [0.15, 0.2) is 18.2 Å². The van der Waals surface area contributed by atoms with Crippen molar-refractivity contribution in [2.75, 3.05) is 25.1 Å². The number of nitrogens with zero attached hydrogens (tertiary/aromatic N) is 1. The summed E-state index contributed by atoms with van der Waals surface area (Å²) in [6, 6.07) is 4.54. The molecule has 0 unspecified atom stereocenters. The average molecular weight is 389 g/mol. The molecule has 1 aromatic carbocycles. The second-order valence-corrected chi connectivity index (χ2v) is 7.37. The summed E-state index contributed by atoms with van der Waals surface area (Å²) in [5.74, 6) is 0.373. The SMILES string of the molecule is CCCCCC[C@]1(C)NC(=O)N(CC(=O)Nc2ccc3c(c2)OCCO3)C1=O. The maximum atomic E-state index is 12.7. The molecule has 3 rings (SSSR count). The number of carbonyl (C=O) groups excluding carboxylic acids is 3. The maximum Gasteiger partial charge on any atom is 0.325 e. The lowest BCUT2D eigenvalue weighted by molar-refractivity contribution is -0.133. The van der Waals surface area contributed by atoms with Crippen LogP contribution in [0.4, 0.5) is 10.5 Å². The highest BCUT2D eigenvalue weighted by atomic mass is 16.6. The van der Waals surface area contributed by atoms with Crippen LogP contribution in [0.5, 0.6) is 11.5 Å². The molecule has 2 aliphatic rings. The third kappa shape index (κ3) is 4.37. The Morgan fingerprint density at radius 1 is 1.18 bits per heavy atom. The van der Waals surface area contributed by atoms with E-state index < -0.39 is 17.5 Å². The first-order valence-electron chi connectivity index (χ1n) is 9.76. The predicted molar refractivity (Wildman–Crippen MR) is 103 cm³/mol. The van der Waals surface area contributed by atoms with Gasteiger partial charge in [0.05, 0.1) is 0 Å². The van der Waals surface area contributed by atoms with E-state index in [9.17, 15) is 14.4 Å². The first-order valence-corrected chi connectivity index (χ1v) is 9.76. The summed E-state index contributed by atoms with van der Waals surface area (Å²) in [6.07, 6.45) is 4.63. The Hall–Kier alpha value is -2.77. The van der Waals surface area contributed by atoms with E-state index >= 15 is 0 Å². The smallest absolute Gasteiger partial charge is 0.325 e. The fourth-order valence-electron chi connectivity index (χ4n) is 3.43. The Bertz CT molecular complexity index is 766. The van der Waals surface area contributed by atoms with Gasteiger partial charge in [-0.1, -0.05) is 32.6 Å². The molecule has 1 fully saturated rings. The zero-order chi connectivity index (χ0) is 20.1. The number of hydrogen-bond acceptors (Lipinski definition) is 5. The summed E-state index contributed by atoms with van der Waals surface area (Å²) in [5.41, 5.74) is -0.425. The number of unbranched alkanes of at least 4 members (excludes halogenated alkanes) is 3. The van der Waals surface area contributed by atoms with Crippen molar-refractivity contribution in [2.45, 2.75) is 51.5 Å². The van der Waals surface area contributed by atoms with Crippen LogP contribution in [0.2, 0.25) is 0 Å². The van der Waals surface area contributed by atoms with Gasteiger partial charge in [-0.25, -0.2) is 4.79 Å². The van der Waals surface area contributed by atoms with Gasteiger partial charge in [0.15, 0.2) is 11.5 Å². The molecule has 2 N–H and O–H groups in total. The van der Waals surface area contributed by atoms with Gasteiger partial charge in [-0.3, -0.25) is 14.5 Å². The van der Waals surface area contributed by atoms with E-state index in [-0.39, 0.29) is 12.5 Å². The Morgan fingerprint density at radius 3 is 2.68 bits per heavy atom. The van der Waals surface area contributed by atoms with Crippen molar-refractivity contribution in [3.05, 3.63) is 18.2 Å². The van der Waals surface area contributed by atoms with E-state index in [1.165, 1.54) is 0 Å². The zero-order valence-electron chi connectivity index (χ0n) is 16.4. The quantitative estimate of drug-likeness (QED) is 0.526. The number of amides is 4. The highest BCUT2D eigenvalue weighted by molar-refractivity contribution is 6.09. The number of hydrogen-bond donors (Lipinski definition) is 2. The lowest BCUT2D eigenvalue weighted by Crippen LogP contribution is -2.44. The predicted octanol–water partition coefficient (Wildman–Crippen LogP) is 2.68. The molecule has 1 saturated heterocycles. The summed E-state index contributed by atoms with van der Waals surface area (Å²) in [5, 5.41) is 5.44. The molecular weight excluding hydrogens is 362 g/mol. The van der Waals surface area contributed by atoms with Gasteiger partial charge in [-0.15, -0.1) is 0 Å². The Kier molecular flexibility index (Phi) is 6.06. The molecule has 0 radical (unpaired) electrons. The van der Waals surface area contributed by atoms with Crippen LogP contribution in [0.3, 0.4) is 0 Å². The number of benzene rings is 1. The van der Waals surface area contributed by atoms with Crippen molar-refractivity contribution in [2.24, 2.45) is 0 Å². The molecule has 0 aliphatic carbocycles. The fourth-order valence-corrected chi connectivity index (χ4v) is 3.43. The van der Waals surface area contributed by atoms with Crippen molar-refractivity contribution in [1.82, 2.24) is 10.2 Å². The number of imide groups is 1. The van der Waals surface area contributed by atoms with Gasteiger partial charge in [0.2, 0.25) is 5.91 Å². The first-order chi connectivity index (χ1) is 13.4. The molecule has 1 atom stereocenters. The average Bonchev–Trinajstić information content (AvgIpc) is 2.88. The number of carbonyl (C=O) groups is 3. The highest BCUT2D eigenvalue weighted by Gasteiger charge is 2.47. The zero-order valence-corrected chi connectivity index (χ0v) is 16.4. The van der Waals surface area contributed by atoms with Gasteiger partial charge in [-0.2, -0.15) is 0 Å². The van der Waals surface area contributed by atoms with Crippen molar-refractivity contribution < 1.29 is 23.9 Å². The molecule has 28 heavy (non-hydrogen) atoms. The summed E-state index contributed by atoms with van der Waals surface area (Å²) in [4.78, 5) is 38.3. The molecule has 4 amide bonds. The minimum atomic E-state index is -0.942. The minimum Gasteiger partial charge on any atom is -0.486 e. The van der Waals surface area contributed by atoms with E-state index in [0.29, 0.717) is 36.8 Å². The lowest BCUT2D eigenvalue weighted by Gasteiger charge is -2.21. The summed E-state index contributed by atoms with van der Waals surface area (Å²) < 4.78 is 10.9. The van der Waals surface area contributed by atoms with Gasteiger partial charge in [0.25, 0.3) is 5.91 Å². The molecule has 1 aromatic rings. The fraction of sp³-hybridized carbons (Fsp3) is 0.550. The number of ether oxygens (including phenoxy) is 2. The van der Waals surface area contributed by atoms with Gasteiger partial charge >= 0.3 is 6.03 Å². The second-order valence-electron chi connectivity index (χ2n) is 7.37. The molecule has 0 spiro atoms. The maximum absolute atomic E-state index is 12.7. The summed E-state index contributed by atoms with van der Waals surface area (Å²) in [6.45, 7) is 4.44. The minimum absolute atomic E-state index is 0.330. The lowest BCUT2D eigenvalue weighted by atomic mass is 9.94. The van der Waals surface area contributed by atoms with Crippen LogP contribution in [-0.2, 0) is 9.59 Å². The van der Waals surface area contributed by atoms with Gasteiger partial charge in [0, 0.05) is 11.8 Å². The van der Waals surface area contributed by atoms with E-state index in [1.54, 1.807) is 25.1 Å². The van der Waals surface area contributed by atoms with Gasteiger partial charge < -0.3 is 20.1 Å². The van der Waals surface area contributed by atoms with Crippen LogP contribution in [0.1, 0.15) is 46.0 Å². The molecule has 8 heteroatoms. The molecule has 2 aliphatic heterocycles. The van der Waals surface area contributed by atoms with Crippen molar-refractivity contribution in [1.29, 1.82) is 0 Å². The van der Waals surface area contributed by atoms with Crippen molar-refractivity contribution in [3.8, 4) is 11.5 Å². The largest absolute Gasteiger partial charge is 0.486 e. The van der Waals surface area contributed by atoms with Gasteiger partial charge in [-0.05, 0) is 25.5 Å². The van der Waals surface area contributed by atoms with E-state index in [2.05, 4.69) is 17.6 Å². The van der Waals surface area contributed by atoms with E-state index in [4.69, 9.17) is 9.47 Å². The number of fused-ring (bicyclic) bond motifs is 1. The highest BCUT2D eigenvalue weighted by Crippen LogP contribution is 2.32. The van der Waals surface area contributed by atoms with E-state index in [1.807, 2.05) is 0 Å². The number of rotatable bonds is 8. The number of urea groups is 1. The molecule has 152 valence electrons. The first kappa shape index (κ1) is 20.0. The number of nitrogens with one attached hydrogen (secondary N) is 2. The van der Waals surface area contributed by atoms with Crippen molar-refractivity contribution in [3.63, 3.8) is 0 Å². The standard InChI is InChI=1S/C20H27N3O5/c1-3-4-5-6-9-20(2)18(25)23(19(26)22-20)13-17(24)21-14-7-8-15-16(12-14)28-11-10-27-15/h7-8,12H,3-6,9-11,13H2,1-2H3,(H,21,24)(H,22,26)/t20-/m0/s1. The Balaban J connectivity index is 1.57. The Morgan fingerprint density at radius 2 is 1.93 bits per heavy atom. The molecule has 0 bridgehead atoms. The number of anilines is 1. The van der Waals surface area contributed by atoms with Crippen molar-refractivity contribution >= 4 is 23.5 Å². The molecule has 2 heterocycles. The van der Waals surface area contributed by atoms with Crippen LogP contribution < -0.4 is 20.1 Å². The molecular formula is C20H27N3O5. The normalized spacial score (nSPS) is 20.9. The molecule has 0 saturated carbocycles. The van der Waals surface area contributed by atoms with E-state index in [0.717, 1.165) is 30.6 Å². The Labute approximate surface area is 164 Å². The summed E-state index contributed by atoms with van der Waals surface area (Å²) in [7, 11) is 0. The molecule has 0 aromatic heterocycles. The van der Waals surface area contributed by atoms with Crippen LogP contribution in [-0.4, -0.2) is 48.0 Å². The molecule has 8 nitrogen and oxygen atoms in total.